The van der Waals surface area contributed by atoms with Crippen molar-refractivity contribution in [2.24, 2.45) is 20.5 Å². The minimum absolute atomic E-state index is 0.522. The molecule has 2 aliphatic heterocycles. The minimum Gasteiger partial charge on any atom is -0.355 e. The number of aryl methyl sites for hydroxylation is 3. The highest BCUT2D eigenvalue weighted by atomic mass is 15.1. The van der Waals surface area contributed by atoms with E-state index in [-0.39, 0.29) is 0 Å². The highest BCUT2D eigenvalue weighted by Crippen LogP contribution is 2.30. The zero-order valence-electron chi connectivity index (χ0n) is 34.9. The van der Waals surface area contributed by atoms with Gasteiger partial charge in [-0.1, -0.05) is 71.8 Å². The quantitative estimate of drug-likeness (QED) is 0.0216. The number of fused-ring (bicyclic) bond motifs is 8. The molecule has 5 heterocycles. The second kappa shape index (κ2) is 26.0. The van der Waals surface area contributed by atoms with Crippen molar-refractivity contribution in [3.8, 4) is 0 Å². The lowest BCUT2D eigenvalue weighted by atomic mass is 10.0. The molecule has 0 unspecified atom stereocenters. The van der Waals surface area contributed by atoms with Gasteiger partial charge in [-0.2, -0.15) is 0 Å². The number of hydrogen-bond acceptors (Lipinski definition) is 6. The topological polar surface area (TPSA) is 252 Å². The van der Waals surface area contributed by atoms with Gasteiger partial charge in [0.25, 0.3) is 0 Å². The van der Waals surface area contributed by atoms with Gasteiger partial charge < -0.3 is 9.97 Å². The molecule has 2 aliphatic rings. The lowest BCUT2D eigenvalue weighted by Gasteiger charge is -2.07. The molecule has 0 radical (unpaired) electrons. The van der Waals surface area contributed by atoms with Crippen LogP contribution in [0.4, 0.5) is 0 Å². The molecule has 0 fully saturated rings. The number of unbranched alkanes of at least 4 members (excludes halogenated alkanes) is 12. The summed E-state index contributed by atoms with van der Waals surface area (Å²) in [6, 6.07) is 8.82. The fraction of sp³-hybridized carbons (Fsp3) is 0.545. The largest absolute Gasteiger partial charge is 0.355 e. The van der Waals surface area contributed by atoms with Gasteiger partial charge in [0.2, 0.25) is 0 Å². The second-order valence-corrected chi connectivity index (χ2v) is 15.4. The molecule has 0 aromatic carbocycles. The summed E-state index contributed by atoms with van der Waals surface area (Å²) in [6.07, 6.45) is 27.6. The Bertz CT molecular complexity index is 2160. The molecule has 16 heteroatoms. The summed E-state index contributed by atoms with van der Waals surface area (Å²) in [5, 5.41) is 14.8. The van der Waals surface area contributed by atoms with Gasteiger partial charge in [-0.3, -0.25) is 0 Å². The fourth-order valence-electron chi connectivity index (χ4n) is 8.02. The molecular weight excluding hydrogens is 753 g/mol. The van der Waals surface area contributed by atoms with Crippen molar-refractivity contribution in [2.75, 3.05) is 26.2 Å². The van der Waals surface area contributed by atoms with Crippen LogP contribution in [0.3, 0.4) is 0 Å². The second-order valence-electron chi connectivity index (χ2n) is 15.4. The molecule has 0 spiro atoms. The van der Waals surface area contributed by atoms with Crippen LogP contribution in [0.15, 0.2) is 44.7 Å². The third-order valence-electron chi connectivity index (χ3n) is 11.2. The van der Waals surface area contributed by atoms with Crippen LogP contribution in [0, 0.1) is 0 Å². The van der Waals surface area contributed by atoms with Crippen LogP contribution >= 0.6 is 0 Å². The first-order valence-electron chi connectivity index (χ1n) is 21.8. The van der Waals surface area contributed by atoms with E-state index in [9.17, 15) is 0 Å². The van der Waals surface area contributed by atoms with Crippen LogP contribution in [-0.2, 0) is 25.7 Å². The van der Waals surface area contributed by atoms with Crippen LogP contribution in [0.25, 0.3) is 88.1 Å². The number of H-pyrrole nitrogens is 2. The molecule has 8 bridgehead atoms. The van der Waals surface area contributed by atoms with Gasteiger partial charge in [0.05, 0.1) is 22.8 Å². The van der Waals surface area contributed by atoms with Crippen LogP contribution < -0.4 is 0 Å². The Morgan fingerprint density at radius 2 is 0.617 bits per heavy atom. The number of azide groups is 4. The lowest BCUT2D eigenvalue weighted by Crippen LogP contribution is -1.97. The molecule has 5 rings (SSSR count). The third-order valence-corrected chi connectivity index (χ3v) is 11.2. The van der Waals surface area contributed by atoms with Crippen molar-refractivity contribution in [3.05, 3.63) is 111 Å². The normalized spacial score (nSPS) is 11.5. The molecule has 0 amide bonds. The first-order chi connectivity index (χ1) is 29.7. The van der Waals surface area contributed by atoms with Gasteiger partial charge >= 0.3 is 0 Å². The van der Waals surface area contributed by atoms with Crippen LogP contribution in [0.2, 0.25) is 0 Å². The van der Waals surface area contributed by atoms with Gasteiger partial charge in [-0.25, -0.2) is 9.97 Å². The van der Waals surface area contributed by atoms with Crippen molar-refractivity contribution < 1.29 is 0 Å². The van der Waals surface area contributed by atoms with Crippen molar-refractivity contribution in [1.29, 1.82) is 0 Å². The Balaban J connectivity index is 1.61. The first-order valence-corrected chi connectivity index (χ1v) is 21.8. The van der Waals surface area contributed by atoms with E-state index in [4.69, 9.17) is 32.1 Å². The molecule has 3 aromatic rings. The number of nitrogens with zero attached hydrogens (tertiary/aromatic N) is 14. The maximum atomic E-state index is 8.69. The van der Waals surface area contributed by atoms with E-state index in [0.29, 0.717) is 26.2 Å². The average Bonchev–Trinajstić information content (AvgIpc) is 4.11. The summed E-state index contributed by atoms with van der Waals surface area (Å²) in [7, 11) is 0. The van der Waals surface area contributed by atoms with Gasteiger partial charge in [0, 0.05) is 84.6 Å². The van der Waals surface area contributed by atoms with Crippen molar-refractivity contribution in [2.45, 2.75) is 128 Å². The summed E-state index contributed by atoms with van der Waals surface area (Å²) in [5.41, 5.74) is 47.6. The van der Waals surface area contributed by atoms with Crippen molar-refractivity contribution in [3.63, 3.8) is 0 Å². The smallest absolute Gasteiger partial charge is 0.0691 e. The van der Waals surface area contributed by atoms with E-state index in [1.165, 1.54) is 16.7 Å². The average molecular weight is 811 g/mol. The minimum atomic E-state index is 0.522. The first kappa shape index (κ1) is 44.9. The number of hydrogen-bond donors (Lipinski definition) is 2. The molecule has 0 aliphatic carbocycles. The number of aromatic nitrogens is 4. The van der Waals surface area contributed by atoms with E-state index in [1.54, 1.807) is 0 Å². The standard InChI is InChI=1S/C44H58N16/c45-57-49-29-13-5-1-9-17-33-37-21-23-39(53-37)34(18-10-2-6-14-30-50-58-46)41-25-27-43(55-41)36(20-12-4-8-16-32-52-60-48)44-28-26-42(56-44)35(40-24-22-38(33)54-40)19-11-3-7-15-31-51-59-47/h21-28,53-54H,1-20,29-32H2. The molecule has 16 nitrogen and oxygen atoms in total. The molecular formula is C44H58N16. The predicted molar refractivity (Wildman–Crippen MR) is 244 cm³/mol. The molecule has 314 valence electrons. The fourth-order valence-corrected chi connectivity index (χ4v) is 8.02. The monoisotopic (exact) mass is 811 g/mol. The van der Waals surface area contributed by atoms with Crippen LogP contribution in [-0.4, -0.2) is 46.1 Å². The SMILES string of the molecule is [N-]=[N+]=NCCCCCCc1c2nc(c(CCCCCCN=[N+]=[N-])c3ccc([nH]3)c(CCCCCCN=[N+]=[N-])c3ccc([nH]3)c(CCCCCCN=[N+]=[N-])c3nc1C=C3)C=C2. The zero-order valence-corrected chi connectivity index (χ0v) is 34.9. The van der Waals surface area contributed by atoms with Gasteiger partial charge in [-0.15, -0.1) is 0 Å². The van der Waals surface area contributed by atoms with E-state index >= 15 is 0 Å². The van der Waals surface area contributed by atoms with E-state index in [0.717, 1.165) is 179 Å². The van der Waals surface area contributed by atoms with Gasteiger partial charge in [0.15, 0.2) is 0 Å². The summed E-state index contributed by atoms with van der Waals surface area (Å²) >= 11 is 0. The zero-order chi connectivity index (χ0) is 42.0. The van der Waals surface area contributed by atoms with Crippen molar-refractivity contribution >= 4 is 46.4 Å². The van der Waals surface area contributed by atoms with Crippen LogP contribution in [0.1, 0.15) is 148 Å². The highest BCUT2D eigenvalue weighted by molar-refractivity contribution is 5.83. The molecule has 60 heavy (non-hydrogen) atoms. The summed E-state index contributed by atoms with van der Waals surface area (Å²) in [4.78, 5) is 30.0. The van der Waals surface area contributed by atoms with Gasteiger partial charge in [-0.05, 0) is 153 Å². The van der Waals surface area contributed by atoms with Crippen LogP contribution in [0.5, 0.6) is 0 Å². The molecule has 0 saturated heterocycles. The molecule has 3 aromatic heterocycles. The molecule has 0 atom stereocenters. The Labute approximate surface area is 351 Å². The molecule has 2 N–H and O–H groups in total. The number of aromatic amines is 2. The Kier molecular flexibility index (Phi) is 19.5. The molecule has 0 saturated carbocycles. The third kappa shape index (κ3) is 14.0. The van der Waals surface area contributed by atoms with E-state index < -0.39 is 0 Å². The lowest BCUT2D eigenvalue weighted by molar-refractivity contribution is 0.643. The van der Waals surface area contributed by atoms with E-state index in [1.807, 2.05) is 0 Å². The summed E-state index contributed by atoms with van der Waals surface area (Å²) in [5.74, 6) is 0. The Morgan fingerprint density at radius 1 is 0.350 bits per heavy atom. The number of rotatable bonds is 28. The number of nitrogens with one attached hydrogen (secondary N) is 2. The Hall–Kier alpha value is -6.16. The highest BCUT2D eigenvalue weighted by Gasteiger charge is 2.17. The maximum absolute atomic E-state index is 8.69. The predicted octanol–water partition coefficient (Wildman–Crippen LogP) is 14.3. The van der Waals surface area contributed by atoms with Crippen molar-refractivity contribution in [1.82, 2.24) is 19.9 Å². The maximum Gasteiger partial charge on any atom is 0.0691 e. The summed E-state index contributed by atoms with van der Waals surface area (Å²) < 4.78 is 0. The van der Waals surface area contributed by atoms with E-state index in [2.05, 4.69) is 98.6 Å². The summed E-state index contributed by atoms with van der Waals surface area (Å²) in [6.45, 7) is 2.10. The van der Waals surface area contributed by atoms with Gasteiger partial charge in [0.1, 0.15) is 0 Å². The Morgan fingerprint density at radius 3 is 0.950 bits per heavy atom.